The third-order valence-electron chi connectivity index (χ3n) is 5.29. The Labute approximate surface area is 195 Å². The van der Waals surface area contributed by atoms with Crippen molar-refractivity contribution in [2.45, 2.75) is 129 Å². The second-order valence-electron chi connectivity index (χ2n) is 8.09. The van der Waals surface area contributed by atoms with Crippen molar-refractivity contribution < 1.29 is 44.1 Å². The molecule has 0 bridgehead atoms. The van der Waals surface area contributed by atoms with Gasteiger partial charge in [-0.2, -0.15) is 0 Å². The molecule has 0 radical (unpaired) electrons. The van der Waals surface area contributed by atoms with Crippen molar-refractivity contribution in [1.82, 2.24) is 5.32 Å². The number of carbonyl (C=O) groups excluding carboxylic acids is 1. The zero-order valence-corrected chi connectivity index (χ0v) is 22.1. The molecule has 7 heteroatoms. The van der Waals surface area contributed by atoms with Gasteiger partial charge in [0.1, 0.15) is 6.04 Å². The minimum atomic E-state index is -1.18. The van der Waals surface area contributed by atoms with Crippen LogP contribution in [-0.2, 0) is 33.9 Å². The molecule has 3 N–H and O–H groups in total. The first kappa shape index (κ1) is 31.2. The van der Waals surface area contributed by atoms with Gasteiger partial charge in [-0.15, -0.1) is 0 Å². The maximum absolute atomic E-state index is 11.8. The van der Waals surface area contributed by atoms with E-state index in [1.807, 2.05) is 0 Å². The second kappa shape index (κ2) is 22.7. The van der Waals surface area contributed by atoms with Gasteiger partial charge in [-0.3, -0.25) is 9.59 Å². The van der Waals surface area contributed by atoms with Crippen LogP contribution >= 0.6 is 0 Å². The smallest absolute Gasteiger partial charge is 0.326 e. The predicted molar refractivity (Wildman–Crippen MR) is 116 cm³/mol. The molecule has 6 nitrogen and oxygen atoms in total. The summed E-state index contributed by atoms with van der Waals surface area (Å²) in [5.74, 6) is -2.55. The van der Waals surface area contributed by atoms with E-state index in [9.17, 15) is 14.4 Å². The average Bonchev–Trinajstić information content (AvgIpc) is 2.67. The molecule has 0 aliphatic rings. The van der Waals surface area contributed by atoms with E-state index in [1.54, 1.807) is 0 Å². The monoisotopic (exact) mass is 477 g/mol. The molecule has 1 atom stereocenters. The average molecular weight is 479 g/mol. The van der Waals surface area contributed by atoms with E-state index >= 15 is 0 Å². The fourth-order valence-electron chi connectivity index (χ4n) is 3.45. The van der Waals surface area contributed by atoms with E-state index in [0.717, 1.165) is 19.3 Å². The number of hydrogen-bond acceptors (Lipinski definition) is 3. The largest absolute Gasteiger partial charge is 0.481 e. The van der Waals surface area contributed by atoms with Crippen LogP contribution in [0.15, 0.2) is 0 Å². The molecule has 0 aromatic carbocycles. The summed E-state index contributed by atoms with van der Waals surface area (Å²) in [6.07, 6.45) is 18.8. The number of rotatable bonds is 21. The second-order valence-corrected chi connectivity index (χ2v) is 8.09. The van der Waals surface area contributed by atoms with Gasteiger partial charge in [0.2, 0.25) is 5.91 Å². The number of aliphatic carboxylic acids is 2. The first-order valence-corrected chi connectivity index (χ1v) is 11.7. The molecule has 0 aliphatic heterocycles. The summed E-state index contributed by atoms with van der Waals surface area (Å²) in [6, 6.07) is -1.12. The van der Waals surface area contributed by atoms with E-state index in [4.69, 9.17) is 10.2 Å². The van der Waals surface area contributed by atoms with E-state index in [1.165, 1.54) is 77.0 Å². The molecular weight excluding hydrogens is 436 g/mol. The van der Waals surface area contributed by atoms with Gasteiger partial charge in [-0.05, 0) is 12.8 Å². The number of nitrogens with one attached hydrogen (secondary N) is 1. The third-order valence-corrected chi connectivity index (χ3v) is 5.29. The van der Waals surface area contributed by atoms with E-state index in [2.05, 4.69) is 12.2 Å². The quantitative estimate of drug-likeness (QED) is 0.145. The molecular formula is C23H43NO5Zn. The molecule has 1 amide bonds. The molecule has 0 aromatic rings. The van der Waals surface area contributed by atoms with Crippen LogP contribution in [-0.4, -0.2) is 34.1 Å². The van der Waals surface area contributed by atoms with Crippen LogP contribution in [0.5, 0.6) is 0 Å². The van der Waals surface area contributed by atoms with E-state index in [0.29, 0.717) is 6.42 Å². The number of carboxylic acid groups (broad SMARTS) is 2. The van der Waals surface area contributed by atoms with Crippen molar-refractivity contribution in [2.75, 3.05) is 0 Å². The van der Waals surface area contributed by atoms with Crippen LogP contribution in [0.1, 0.15) is 122 Å². The van der Waals surface area contributed by atoms with Crippen molar-refractivity contribution in [2.24, 2.45) is 0 Å². The Hall–Kier alpha value is -0.967. The van der Waals surface area contributed by atoms with Crippen molar-refractivity contribution >= 4 is 17.8 Å². The standard InChI is InChI=1S/C23H43NO5.Zn/c1-2-3-4-5-6-7-8-9-10-11-12-13-14-15-16-17-21(25)24-20(23(28)29)18-19-22(26)27;/h20H,2-19H2,1H3,(H,24,25)(H,26,27)(H,28,29);/t20-;/m0./s1. The first-order chi connectivity index (χ1) is 14.0. The number of carbonyl (C=O) groups is 3. The molecule has 0 fully saturated rings. The Bertz CT molecular complexity index is 445. The number of carboxylic acids is 2. The number of amides is 1. The number of unbranched alkanes of at least 4 members (excludes halogenated alkanes) is 14. The predicted octanol–water partition coefficient (Wildman–Crippen LogP) is 5.68. The fraction of sp³-hybridized carbons (Fsp3) is 0.870. The van der Waals surface area contributed by atoms with Crippen LogP contribution in [0.25, 0.3) is 0 Å². The van der Waals surface area contributed by atoms with Crippen LogP contribution in [0.4, 0.5) is 0 Å². The normalized spacial score (nSPS) is 11.5. The minimum Gasteiger partial charge on any atom is -0.481 e. The van der Waals surface area contributed by atoms with Gasteiger partial charge in [0.15, 0.2) is 0 Å². The summed E-state index contributed by atoms with van der Waals surface area (Å²) in [4.78, 5) is 33.4. The van der Waals surface area contributed by atoms with E-state index in [-0.39, 0.29) is 38.2 Å². The zero-order chi connectivity index (χ0) is 21.7. The Morgan fingerprint density at radius 1 is 0.667 bits per heavy atom. The van der Waals surface area contributed by atoms with Crippen LogP contribution in [0.2, 0.25) is 0 Å². The Morgan fingerprint density at radius 3 is 1.43 bits per heavy atom. The topological polar surface area (TPSA) is 104 Å². The van der Waals surface area contributed by atoms with Gasteiger partial charge in [0, 0.05) is 32.3 Å². The van der Waals surface area contributed by atoms with E-state index < -0.39 is 18.0 Å². The summed E-state index contributed by atoms with van der Waals surface area (Å²) in [7, 11) is 0. The zero-order valence-electron chi connectivity index (χ0n) is 19.1. The first-order valence-electron chi connectivity index (χ1n) is 11.7. The Balaban J connectivity index is 0. The molecule has 0 aromatic heterocycles. The molecule has 0 unspecified atom stereocenters. The molecule has 0 saturated heterocycles. The summed E-state index contributed by atoms with van der Waals surface area (Å²) in [6.45, 7) is 2.25. The van der Waals surface area contributed by atoms with Crippen LogP contribution in [0.3, 0.4) is 0 Å². The molecule has 0 aliphatic carbocycles. The van der Waals surface area contributed by atoms with Crippen molar-refractivity contribution in [3.05, 3.63) is 0 Å². The maximum Gasteiger partial charge on any atom is 0.326 e. The van der Waals surface area contributed by atoms with Crippen LogP contribution in [0, 0.1) is 0 Å². The van der Waals surface area contributed by atoms with Crippen LogP contribution < -0.4 is 5.32 Å². The molecule has 0 saturated carbocycles. The molecule has 0 spiro atoms. The maximum atomic E-state index is 11.8. The van der Waals surface area contributed by atoms with Gasteiger partial charge in [0.05, 0.1) is 0 Å². The van der Waals surface area contributed by atoms with Crippen molar-refractivity contribution in [3.8, 4) is 0 Å². The van der Waals surface area contributed by atoms with Crippen molar-refractivity contribution in [1.29, 1.82) is 0 Å². The van der Waals surface area contributed by atoms with Crippen molar-refractivity contribution in [3.63, 3.8) is 0 Å². The Morgan fingerprint density at radius 2 is 1.07 bits per heavy atom. The van der Waals surface area contributed by atoms with Gasteiger partial charge in [0.25, 0.3) is 0 Å². The molecule has 172 valence electrons. The van der Waals surface area contributed by atoms with Gasteiger partial charge in [-0.25, -0.2) is 4.79 Å². The third kappa shape index (κ3) is 21.7. The Kier molecular flexibility index (Phi) is 23.6. The summed E-state index contributed by atoms with van der Waals surface area (Å²) >= 11 is 0. The fourth-order valence-corrected chi connectivity index (χ4v) is 3.45. The summed E-state index contributed by atoms with van der Waals surface area (Å²) < 4.78 is 0. The van der Waals surface area contributed by atoms with Gasteiger partial charge in [-0.1, -0.05) is 96.8 Å². The van der Waals surface area contributed by atoms with Gasteiger partial charge < -0.3 is 15.5 Å². The van der Waals surface area contributed by atoms with Gasteiger partial charge >= 0.3 is 11.9 Å². The molecule has 30 heavy (non-hydrogen) atoms. The SMILES string of the molecule is CCCCCCCCCCCCCCCCCC(=O)N[C@@H](CCC(=O)O)C(=O)O.[Zn]. The molecule has 0 rings (SSSR count). The summed E-state index contributed by atoms with van der Waals surface area (Å²) in [5.41, 5.74) is 0. The summed E-state index contributed by atoms with van der Waals surface area (Å²) in [5, 5.41) is 20.1. The molecule has 0 heterocycles. The number of hydrogen-bond donors (Lipinski definition) is 3. The minimum absolute atomic E-state index is 0.